The summed E-state index contributed by atoms with van der Waals surface area (Å²) in [5.41, 5.74) is 4.17. The first-order valence-corrected chi connectivity index (χ1v) is 9.94. The number of amides is 2. The molecule has 32 heavy (non-hydrogen) atoms. The number of hydrazone groups is 1. The number of benzene rings is 3. The average Bonchev–Trinajstić information content (AvgIpc) is 2.76. The minimum absolute atomic E-state index is 0.0608. The Morgan fingerprint density at radius 1 is 1.09 bits per heavy atom. The van der Waals surface area contributed by atoms with Crippen LogP contribution in [0.3, 0.4) is 0 Å². The van der Waals surface area contributed by atoms with Gasteiger partial charge in [-0.15, -0.1) is 0 Å². The van der Waals surface area contributed by atoms with Crippen molar-refractivity contribution in [2.75, 3.05) is 6.54 Å². The molecule has 0 saturated heterocycles. The van der Waals surface area contributed by atoms with Gasteiger partial charge in [0.15, 0.2) is 0 Å². The third kappa shape index (κ3) is 5.41. The van der Waals surface area contributed by atoms with Crippen molar-refractivity contribution in [2.24, 2.45) is 5.10 Å². The molecule has 0 fully saturated rings. The number of hydrogen-bond donors (Lipinski definition) is 3. The van der Waals surface area contributed by atoms with Crippen LogP contribution in [0.25, 0.3) is 10.8 Å². The van der Waals surface area contributed by atoms with Gasteiger partial charge in [-0.3, -0.25) is 14.4 Å². The van der Waals surface area contributed by atoms with E-state index in [1.165, 1.54) is 36.2 Å². The largest absolute Gasteiger partial charge is 0.506 e. The normalized spacial score (nSPS) is 10.9. The summed E-state index contributed by atoms with van der Waals surface area (Å²) in [6.45, 7) is 1.09. The van der Waals surface area contributed by atoms with Gasteiger partial charge in [0, 0.05) is 24.6 Å². The molecule has 0 bridgehead atoms. The van der Waals surface area contributed by atoms with E-state index in [2.05, 4.69) is 10.5 Å². The Morgan fingerprint density at radius 3 is 2.47 bits per heavy atom. The molecule has 3 aromatic carbocycles. The molecule has 0 saturated carbocycles. The quantitative estimate of drug-likeness (QED) is 0.374. The van der Waals surface area contributed by atoms with Crippen molar-refractivity contribution in [3.8, 4) is 5.75 Å². The minimum atomic E-state index is -1.08. The summed E-state index contributed by atoms with van der Waals surface area (Å²) < 4.78 is 0. The van der Waals surface area contributed by atoms with Crippen molar-refractivity contribution in [1.29, 1.82) is 0 Å². The van der Waals surface area contributed by atoms with Gasteiger partial charge in [-0.05, 0) is 34.5 Å². The Balaban J connectivity index is 1.83. The zero-order chi connectivity index (χ0) is 23.3. The number of phenolic OH excluding ortho intramolecular Hbond substituents is 1. The molecule has 0 aromatic heterocycles. The van der Waals surface area contributed by atoms with Gasteiger partial charge in [-0.2, -0.15) is 5.10 Å². The fourth-order valence-corrected chi connectivity index (χ4v) is 3.34. The predicted octanol–water partition coefficient (Wildman–Crippen LogP) is 3.40. The smallest absolute Gasteiger partial charge is 0.323 e. The fourth-order valence-electron chi connectivity index (χ4n) is 3.16. The van der Waals surface area contributed by atoms with Gasteiger partial charge in [0.05, 0.1) is 11.2 Å². The molecule has 0 heterocycles. The van der Waals surface area contributed by atoms with Gasteiger partial charge in [-0.1, -0.05) is 48.0 Å². The van der Waals surface area contributed by atoms with Crippen LogP contribution in [0.5, 0.6) is 5.75 Å². The third-order valence-electron chi connectivity index (χ3n) is 4.76. The van der Waals surface area contributed by atoms with Crippen LogP contribution >= 0.6 is 11.6 Å². The number of fused-ring (bicyclic) bond motifs is 1. The summed E-state index contributed by atoms with van der Waals surface area (Å²) in [5.74, 6) is -2.03. The Morgan fingerprint density at radius 2 is 1.81 bits per heavy atom. The van der Waals surface area contributed by atoms with Crippen molar-refractivity contribution >= 4 is 46.4 Å². The molecule has 164 valence electrons. The van der Waals surface area contributed by atoms with Crippen LogP contribution in [-0.4, -0.2) is 45.7 Å². The maximum Gasteiger partial charge on any atom is 0.323 e. The zero-order valence-corrected chi connectivity index (χ0v) is 17.8. The lowest BCUT2D eigenvalue weighted by Gasteiger charge is -2.20. The molecule has 3 N–H and O–H groups in total. The topological polar surface area (TPSA) is 119 Å². The van der Waals surface area contributed by atoms with Gasteiger partial charge >= 0.3 is 5.97 Å². The van der Waals surface area contributed by atoms with E-state index in [0.29, 0.717) is 0 Å². The molecule has 3 aromatic rings. The summed E-state index contributed by atoms with van der Waals surface area (Å²) in [6, 6.07) is 15.1. The average molecular weight is 454 g/mol. The summed E-state index contributed by atoms with van der Waals surface area (Å²) in [6.07, 6.45) is 1.49. The van der Waals surface area contributed by atoms with Gasteiger partial charge in [0.25, 0.3) is 5.91 Å². The highest BCUT2D eigenvalue weighted by Crippen LogP contribution is 2.24. The van der Waals surface area contributed by atoms with Crippen molar-refractivity contribution in [2.45, 2.75) is 13.5 Å². The molecule has 0 unspecified atom stereocenters. The van der Waals surface area contributed by atoms with E-state index in [9.17, 15) is 19.5 Å². The van der Waals surface area contributed by atoms with Gasteiger partial charge in [-0.25, -0.2) is 5.43 Å². The van der Waals surface area contributed by atoms with E-state index < -0.39 is 11.9 Å². The second-order valence-electron chi connectivity index (χ2n) is 6.99. The molecule has 0 aliphatic carbocycles. The van der Waals surface area contributed by atoms with Crippen molar-refractivity contribution in [3.63, 3.8) is 0 Å². The maximum absolute atomic E-state index is 12.2. The molecular weight excluding hydrogens is 434 g/mol. The zero-order valence-electron chi connectivity index (χ0n) is 17.1. The number of nitrogens with one attached hydrogen (secondary N) is 1. The lowest BCUT2D eigenvalue weighted by molar-refractivity contribution is -0.144. The number of carboxylic acids is 1. The van der Waals surface area contributed by atoms with E-state index >= 15 is 0 Å². The molecule has 8 nitrogen and oxygen atoms in total. The molecule has 0 aliphatic heterocycles. The summed E-state index contributed by atoms with van der Waals surface area (Å²) in [4.78, 5) is 36.4. The standard InChI is InChI=1S/C23H20ClN3O5/c1-14(28)27(13-22(30)31)12-17-7-6-16(18-4-2-3-5-19(17)18)11-25-26-23(32)15-8-9-21(29)20(24)10-15/h2-11,29H,12-13H2,1H3,(H,26,32)(H,30,31). The van der Waals surface area contributed by atoms with Crippen LogP contribution < -0.4 is 5.43 Å². The fraction of sp³-hybridized carbons (Fsp3) is 0.130. The highest BCUT2D eigenvalue weighted by atomic mass is 35.5. The van der Waals surface area contributed by atoms with Crippen LogP contribution in [-0.2, 0) is 16.1 Å². The van der Waals surface area contributed by atoms with Crippen molar-refractivity contribution in [1.82, 2.24) is 10.3 Å². The van der Waals surface area contributed by atoms with Gasteiger partial charge < -0.3 is 15.1 Å². The molecule has 2 amide bonds. The van der Waals surface area contributed by atoms with E-state index in [1.54, 1.807) is 12.1 Å². The Kier molecular flexibility index (Phi) is 7.07. The first kappa shape index (κ1) is 22.8. The second kappa shape index (κ2) is 9.93. The van der Waals surface area contributed by atoms with Crippen LogP contribution in [0.1, 0.15) is 28.4 Å². The number of carboxylic acid groups (broad SMARTS) is 1. The molecular formula is C23H20ClN3O5. The first-order chi connectivity index (χ1) is 15.3. The predicted molar refractivity (Wildman–Crippen MR) is 121 cm³/mol. The summed E-state index contributed by atoms with van der Waals surface area (Å²) >= 11 is 5.83. The molecule has 3 rings (SSSR count). The van der Waals surface area contributed by atoms with Crippen molar-refractivity contribution in [3.05, 3.63) is 76.3 Å². The number of aromatic hydroxyl groups is 1. The molecule has 0 atom stereocenters. The Hall–Kier alpha value is -3.91. The number of phenols is 1. The number of hydrogen-bond acceptors (Lipinski definition) is 5. The minimum Gasteiger partial charge on any atom is -0.506 e. The highest BCUT2D eigenvalue weighted by molar-refractivity contribution is 6.32. The lowest BCUT2D eigenvalue weighted by atomic mass is 9.99. The number of aliphatic carboxylic acids is 1. The Bertz CT molecular complexity index is 1230. The monoisotopic (exact) mass is 453 g/mol. The second-order valence-corrected chi connectivity index (χ2v) is 7.40. The van der Waals surface area contributed by atoms with E-state index in [0.717, 1.165) is 21.9 Å². The highest BCUT2D eigenvalue weighted by Gasteiger charge is 2.15. The van der Waals surface area contributed by atoms with Crippen molar-refractivity contribution < 1.29 is 24.6 Å². The van der Waals surface area contributed by atoms with E-state index in [-0.39, 0.29) is 35.3 Å². The van der Waals surface area contributed by atoms with Crippen LogP contribution in [0.15, 0.2) is 59.7 Å². The number of nitrogens with zero attached hydrogens (tertiary/aromatic N) is 2. The lowest BCUT2D eigenvalue weighted by Crippen LogP contribution is -2.33. The van der Waals surface area contributed by atoms with Crippen LogP contribution in [0.4, 0.5) is 0 Å². The molecule has 9 heteroatoms. The van der Waals surface area contributed by atoms with Crippen LogP contribution in [0.2, 0.25) is 5.02 Å². The number of halogens is 1. The third-order valence-corrected chi connectivity index (χ3v) is 5.06. The number of carbonyl (C=O) groups is 3. The van der Waals surface area contributed by atoms with Crippen LogP contribution in [0, 0.1) is 0 Å². The summed E-state index contributed by atoms with van der Waals surface area (Å²) in [5, 5.41) is 24.2. The SMILES string of the molecule is CC(=O)N(CC(=O)O)Cc1ccc(C=NNC(=O)c2ccc(O)c(Cl)c2)c2ccccc12. The number of carbonyl (C=O) groups excluding carboxylic acids is 2. The van der Waals surface area contributed by atoms with Gasteiger partial charge in [0.2, 0.25) is 5.91 Å². The van der Waals surface area contributed by atoms with E-state index in [4.69, 9.17) is 16.7 Å². The van der Waals surface area contributed by atoms with Gasteiger partial charge in [0.1, 0.15) is 12.3 Å². The number of rotatable bonds is 7. The summed E-state index contributed by atoms with van der Waals surface area (Å²) in [7, 11) is 0. The molecule has 0 spiro atoms. The molecule has 0 aliphatic rings. The van der Waals surface area contributed by atoms with E-state index in [1.807, 2.05) is 24.3 Å². The first-order valence-electron chi connectivity index (χ1n) is 9.56. The maximum atomic E-state index is 12.2. The Labute approximate surface area is 188 Å². The molecule has 0 radical (unpaired) electrons.